The highest BCUT2D eigenvalue weighted by molar-refractivity contribution is 5.77. The zero-order valence-electron chi connectivity index (χ0n) is 12.7. The van der Waals surface area contributed by atoms with Crippen molar-refractivity contribution < 1.29 is 0 Å². The lowest BCUT2D eigenvalue weighted by molar-refractivity contribution is 0.274. The van der Waals surface area contributed by atoms with Crippen LogP contribution in [0.15, 0.2) is 0 Å². The number of rotatable bonds is 4. The van der Waals surface area contributed by atoms with Gasteiger partial charge in [-0.1, -0.05) is 13.8 Å². The molecule has 2 aromatic heterocycles. The van der Waals surface area contributed by atoms with E-state index in [0.717, 1.165) is 23.4 Å². The highest BCUT2D eigenvalue weighted by Crippen LogP contribution is 2.28. The van der Waals surface area contributed by atoms with Crippen LogP contribution in [-0.4, -0.2) is 44.9 Å². The van der Waals surface area contributed by atoms with Crippen molar-refractivity contribution in [1.82, 2.24) is 24.2 Å². The molecular weight excluding hydrogens is 240 g/mol. The number of aryl methyl sites for hydroxylation is 2. The molecule has 0 aliphatic carbocycles. The Kier molecular flexibility index (Phi) is 3.54. The van der Waals surface area contributed by atoms with Crippen molar-refractivity contribution >= 4 is 17.1 Å². The van der Waals surface area contributed by atoms with Gasteiger partial charge in [0.1, 0.15) is 5.52 Å². The Morgan fingerprint density at radius 3 is 2.47 bits per heavy atom. The maximum Gasteiger partial charge on any atom is 0.202 e. The molecule has 2 aromatic rings. The summed E-state index contributed by atoms with van der Waals surface area (Å²) < 4.78 is 4.00. The van der Waals surface area contributed by atoms with Crippen molar-refractivity contribution in [1.29, 1.82) is 0 Å². The number of anilines is 1. The fourth-order valence-electron chi connectivity index (χ4n) is 2.60. The van der Waals surface area contributed by atoms with E-state index in [0.29, 0.717) is 11.9 Å². The van der Waals surface area contributed by atoms with E-state index in [9.17, 15) is 0 Å². The van der Waals surface area contributed by atoms with Crippen LogP contribution in [0.2, 0.25) is 0 Å². The lowest BCUT2D eigenvalue weighted by Gasteiger charge is -2.27. The van der Waals surface area contributed by atoms with Crippen molar-refractivity contribution in [3.63, 3.8) is 0 Å². The van der Waals surface area contributed by atoms with Gasteiger partial charge in [0.2, 0.25) is 5.95 Å². The average Bonchev–Trinajstić information content (AvgIpc) is 2.74. The number of imidazole rings is 1. The Balaban J connectivity index is 2.61. The SMILES string of the molecule is Cc1nn(C)c2c1nc(N)n2C(CN(C)C)C(C)C. The van der Waals surface area contributed by atoms with Gasteiger partial charge in [0, 0.05) is 13.6 Å². The second-order valence-corrected chi connectivity index (χ2v) is 5.79. The number of likely N-dealkylation sites (N-methyl/N-ethyl adjacent to an activating group) is 1. The molecule has 2 rings (SSSR count). The number of nitrogens with two attached hydrogens (primary N) is 1. The molecule has 0 spiro atoms. The summed E-state index contributed by atoms with van der Waals surface area (Å²) in [7, 11) is 6.10. The second kappa shape index (κ2) is 4.85. The molecule has 2 N–H and O–H groups in total. The summed E-state index contributed by atoms with van der Waals surface area (Å²) in [5, 5.41) is 4.44. The minimum atomic E-state index is 0.287. The number of aromatic nitrogens is 4. The first-order valence-electron chi connectivity index (χ1n) is 6.64. The predicted octanol–water partition coefficient (Wildman–Crippen LogP) is 1.42. The van der Waals surface area contributed by atoms with E-state index >= 15 is 0 Å². The van der Waals surface area contributed by atoms with E-state index < -0.39 is 0 Å². The molecule has 0 aromatic carbocycles. The molecule has 6 heteroatoms. The summed E-state index contributed by atoms with van der Waals surface area (Å²) in [4.78, 5) is 6.66. The smallest absolute Gasteiger partial charge is 0.202 e. The maximum atomic E-state index is 6.14. The Morgan fingerprint density at radius 1 is 1.32 bits per heavy atom. The standard InChI is InChI=1S/C13H24N6/c1-8(2)10(7-17(4)5)19-12-11(15-13(19)14)9(3)16-18(12)6/h8,10H,7H2,1-6H3,(H2,14,15). The van der Waals surface area contributed by atoms with E-state index in [1.165, 1.54) is 0 Å². The molecule has 6 nitrogen and oxygen atoms in total. The number of nitrogens with zero attached hydrogens (tertiary/aromatic N) is 5. The monoisotopic (exact) mass is 264 g/mol. The summed E-state index contributed by atoms with van der Waals surface area (Å²) in [6.45, 7) is 7.32. The van der Waals surface area contributed by atoms with Gasteiger partial charge in [0.05, 0.1) is 11.7 Å². The van der Waals surface area contributed by atoms with E-state index in [-0.39, 0.29) is 6.04 Å². The molecule has 0 saturated carbocycles. The van der Waals surface area contributed by atoms with Gasteiger partial charge in [-0.25, -0.2) is 4.98 Å². The number of hydrogen-bond acceptors (Lipinski definition) is 4. The van der Waals surface area contributed by atoms with Gasteiger partial charge >= 0.3 is 0 Å². The van der Waals surface area contributed by atoms with Gasteiger partial charge in [-0.3, -0.25) is 9.25 Å². The first-order chi connectivity index (χ1) is 8.82. The zero-order valence-corrected chi connectivity index (χ0v) is 12.7. The third-order valence-electron chi connectivity index (χ3n) is 3.52. The van der Waals surface area contributed by atoms with Crippen LogP contribution in [0.3, 0.4) is 0 Å². The molecule has 0 aliphatic rings. The van der Waals surface area contributed by atoms with Crippen LogP contribution in [0.4, 0.5) is 5.95 Å². The Morgan fingerprint density at radius 2 is 1.95 bits per heavy atom. The molecule has 1 unspecified atom stereocenters. The highest BCUT2D eigenvalue weighted by Gasteiger charge is 2.24. The first kappa shape index (κ1) is 13.9. The molecule has 19 heavy (non-hydrogen) atoms. The van der Waals surface area contributed by atoms with Crippen molar-refractivity contribution in [3.05, 3.63) is 5.69 Å². The van der Waals surface area contributed by atoms with Crippen molar-refractivity contribution in [2.75, 3.05) is 26.4 Å². The molecule has 0 radical (unpaired) electrons. The van der Waals surface area contributed by atoms with E-state index in [1.54, 1.807) is 0 Å². The summed E-state index contributed by atoms with van der Waals surface area (Å²) >= 11 is 0. The van der Waals surface area contributed by atoms with Crippen LogP contribution < -0.4 is 5.73 Å². The first-order valence-corrected chi connectivity index (χ1v) is 6.64. The Labute approximate surface area is 114 Å². The predicted molar refractivity (Wildman–Crippen MR) is 78.1 cm³/mol. The molecule has 0 bridgehead atoms. The van der Waals surface area contributed by atoms with Crippen LogP contribution >= 0.6 is 0 Å². The fraction of sp³-hybridized carbons (Fsp3) is 0.692. The van der Waals surface area contributed by atoms with Crippen LogP contribution in [0.1, 0.15) is 25.6 Å². The van der Waals surface area contributed by atoms with Crippen molar-refractivity contribution in [2.45, 2.75) is 26.8 Å². The van der Waals surface area contributed by atoms with Gasteiger partial charge in [-0.05, 0) is 26.9 Å². The van der Waals surface area contributed by atoms with Crippen LogP contribution in [0.25, 0.3) is 11.2 Å². The molecule has 2 heterocycles. The summed E-state index contributed by atoms with van der Waals surface area (Å²) in [5.74, 6) is 1.05. The number of hydrogen-bond donors (Lipinski definition) is 1. The van der Waals surface area contributed by atoms with Gasteiger partial charge < -0.3 is 10.6 Å². The number of nitrogen functional groups attached to an aromatic ring is 1. The van der Waals surface area contributed by atoms with Crippen LogP contribution in [-0.2, 0) is 7.05 Å². The highest BCUT2D eigenvalue weighted by atomic mass is 15.4. The third kappa shape index (κ3) is 2.32. The maximum absolute atomic E-state index is 6.14. The molecule has 1 atom stereocenters. The molecular formula is C13H24N6. The summed E-state index contributed by atoms with van der Waals surface area (Å²) in [6, 6.07) is 0.287. The van der Waals surface area contributed by atoms with E-state index in [2.05, 4.69) is 47.5 Å². The van der Waals surface area contributed by atoms with Gasteiger partial charge in [0.15, 0.2) is 5.65 Å². The molecule has 0 aliphatic heterocycles. The molecule has 0 fully saturated rings. The van der Waals surface area contributed by atoms with Crippen molar-refractivity contribution in [2.24, 2.45) is 13.0 Å². The lowest BCUT2D eigenvalue weighted by Crippen LogP contribution is -2.29. The zero-order chi connectivity index (χ0) is 14.3. The summed E-state index contributed by atoms with van der Waals surface area (Å²) in [5.41, 5.74) is 8.99. The molecule has 0 amide bonds. The van der Waals surface area contributed by atoms with E-state index in [4.69, 9.17) is 5.73 Å². The largest absolute Gasteiger partial charge is 0.369 e. The topological polar surface area (TPSA) is 64.9 Å². The van der Waals surface area contributed by atoms with Gasteiger partial charge in [0.25, 0.3) is 0 Å². The molecule has 106 valence electrons. The van der Waals surface area contributed by atoms with Gasteiger partial charge in [-0.2, -0.15) is 5.10 Å². The number of fused-ring (bicyclic) bond motifs is 1. The van der Waals surface area contributed by atoms with Gasteiger partial charge in [-0.15, -0.1) is 0 Å². The fourth-order valence-corrected chi connectivity index (χ4v) is 2.60. The minimum absolute atomic E-state index is 0.287. The summed E-state index contributed by atoms with van der Waals surface area (Å²) in [6.07, 6.45) is 0. The lowest BCUT2D eigenvalue weighted by atomic mass is 10.0. The van der Waals surface area contributed by atoms with Crippen LogP contribution in [0.5, 0.6) is 0 Å². The average molecular weight is 264 g/mol. The second-order valence-electron chi connectivity index (χ2n) is 5.79. The minimum Gasteiger partial charge on any atom is -0.369 e. The Bertz CT molecular complexity index is 577. The van der Waals surface area contributed by atoms with Crippen molar-refractivity contribution in [3.8, 4) is 0 Å². The Hall–Kier alpha value is -1.56. The normalized spacial score (nSPS) is 13.9. The van der Waals surface area contributed by atoms with Crippen LogP contribution in [0, 0.1) is 12.8 Å². The third-order valence-corrected chi connectivity index (χ3v) is 3.52. The van der Waals surface area contributed by atoms with E-state index in [1.807, 2.05) is 18.7 Å². The molecule has 0 saturated heterocycles. The quantitative estimate of drug-likeness (QED) is 0.907.